The van der Waals surface area contributed by atoms with Crippen molar-refractivity contribution in [3.05, 3.63) is 34.1 Å². The Kier molecular flexibility index (Phi) is 5.69. The van der Waals surface area contributed by atoms with Crippen molar-refractivity contribution in [2.24, 2.45) is 0 Å². The molecule has 1 rings (SSSR count). The SMILES string of the molecule is CC(C)(C)[Si](C)(C)OC(CC=O)c1ccc(F)c(Br)c1. The van der Waals surface area contributed by atoms with Crippen LogP contribution in [0.1, 0.15) is 38.9 Å². The van der Waals surface area contributed by atoms with E-state index in [0.717, 1.165) is 11.8 Å². The van der Waals surface area contributed by atoms with Crippen molar-refractivity contribution in [1.82, 2.24) is 0 Å². The lowest BCUT2D eigenvalue weighted by molar-refractivity contribution is -0.109. The van der Waals surface area contributed by atoms with Crippen LogP contribution in [0.25, 0.3) is 0 Å². The first-order valence-corrected chi connectivity index (χ1v) is 10.3. The summed E-state index contributed by atoms with van der Waals surface area (Å²) >= 11 is 3.18. The van der Waals surface area contributed by atoms with E-state index in [1.807, 2.05) is 0 Å². The van der Waals surface area contributed by atoms with Gasteiger partial charge in [-0.25, -0.2) is 4.39 Å². The topological polar surface area (TPSA) is 26.3 Å². The molecule has 20 heavy (non-hydrogen) atoms. The highest BCUT2D eigenvalue weighted by atomic mass is 79.9. The van der Waals surface area contributed by atoms with Crippen LogP contribution in [-0.4, -0.2) is 14.6 Å². The van der Waals surface area contributed by atoms with Crippen LogP contribution >= 0.6 is 15.9 Å². The summed E-state index contributed by atoms with van der Waals surface area (Å²) in [6, 6.07) is 4.77. The van der Waals surface area contributed by atoms with Crippen LogP contribution in [0.3, 0.4) is 0 Å². The van der Waals surface area contributed by atoms with Crippen molar-refractivity contribution < 1.29 is 13.6 Å². The first kappa shape index (κ1) is 17.5. The van der Waals surface area contributed by atoms with Gasteiger partial charge in [0.1, 0.15) is 12.1 Å². The Bertz CT molecular complexity index is 483. The molecule has 0 radical (unpaired) electrons. The van der Waals surface area contributed by atoms with E-state index in [1.165, 1.54) is 6.07 Å². The molecule has 0 amide bonds. The van der Waals surface area contributed by atoms with Crippen molar-refractivity contribution in [2.75, 3.05) is 0 Å². The van der Waals surface area contributed by atoms with Gasteiger partial charge in [-0.1, -0.05) is 26.8 Å². The van der Waals surface area contributed by atoms with Crippen LogP contribution < -0.4 is 0 Å². The largest absolute Gasteiger partial charge is 0.410 e. The molecule has 5 heteroatoms. The summed E-state index contributed by atoms with van der Waals surface area (Å²) < 4.78 is 20.0. The number of carbonyl (C=O) groups excluding carboxylic acids is 1. The van der Waals surface area contributed by atoms with Gasteiger partial charge in [0.05, 0.1) is 10.6 Å². The van der Waals surface area contributed by atoms with Crippen molar-refractivity contribution >= 4 is 30.5 Å². The number of aldehydes is 1. The maximum absolute atomic E-state index is 13.3. The molecular formula is C15H22BrFO2Si. The summed E-state index contributed by atoms with van der Waals surface area (Å²) in [5.41, 5.74) is 0.829. The van der Waals surface area contributed by atoms with E-state index in [-0.39, 0.29) is 23.4 Å². The first-order valence-electron chi connectivity index (χ1n) is 6.65. The monoisotopic (exact) mass is 360 g/mol. The molecule has 0 heterocycles. The molecular weight excluding hydrogens is 339 g/mol. The zero-order valence-electron chi connectivity index (χ0n) is 12.7. The highest BCUT2D eigenvalue weighted by molar-refractivity contribution is 9.10. The van der Waals surface area contributed by atoms with Gasteiger partial charge in [-0.15, -0.1) is 0 Å². The molecule has 1 atom stereocenters. The number of benzene rings is 1. The average molecular weight is 361 g/mol. The highest BCUT2D eigenvalue weighted by Crippen LogP contribution is 2.40. The molecule has 112 valence electrons. The molecule has 1 unspecified atom stereocenters. The number of carbonyl (C=O) groups is 1. The van der Waals surface area contributed by atoms with Gasteiger partial charge in [0.25, 0.3) is 0 Å². The molecule has 0 bridgehead atoms. The number of hydrogen-bond donors (Lipinski definition) is 0. The summed E-state index contributed by atoms with van der Waals surface area (Å²) in [4.78, 5) is 10.9. The first-order chi connectivity index (χ1) is 9.08. The third kappa shape index (κ3) is 4.23. The average Bonchev–Trinajstić information content (AvgIpc) is 2.30. The van der Waals surface area contributed by atoms with Crippen molar-refractivity contribution in [2.45, 2.75) is 51.4 Å². The Morgan fingerprint density at radius 1 is 1.40 bits per heavy atom. The van der Waals surface area contributed by atoms with Gasteiger partial charge in [-0.05, 0) is 51.8 Å². The summed E-state index contributed by atoms with van der Waals surface area (Å²) in [6.45, 7) is 10.7. The molecule has 1 aromatic rings. The van der Waals surface area contributed by atoms with E-state index in [1.54, 1.807) is 12.1 Å². The Hall–Kier alpha value is -0.523. The molecule has 1 aromatic carbocycles. The van der Waals surface area contributed by atoms with Gasteiger partial charge in [0.2, 0.25) is 0 Å². The Morgan fingerprint density at radius 3 is 2.45 bits per heavy atom. The third-order valence-corrected chi connectivity index (χ3v) is 8.96. The molecule has 0 saturated carbocycles. The van der Waals surface area contributed by atoms with Crippen LogP contribution in [-0.2, 0) is 9.22 Å². The van der Waals surface area contributed by atoms with E-state index in [0.29, 0.717) is 4.47 Å². The molecule has 0 aliphatic carbocycles. The zero-order valence-corrected chi connectivity index (χ0v) is 15.3. The Morgan fingerprint density at radius 2 is 2.00 bits per heavy atom. The fourth-order valence-electron chi connectivity index (χ4n) is 1.58. The third-order valence-electron chi connectivity index (χ3n) is 3.87. The second-order valence-corrected chi connectivity index (χ2v) is 12.1. The van der Waals surface area contributed by atoms with E-state index >= 15 is 0 Å². The summed E-state index contributed by atoms with van der Waals surface area (Å²) in [5, 5.41) is 0.0609. The fraction of sp³-hybridized carbons (Fsp3) is 0.533. The van der Waals surface area contributed by atoms with E-state index in [4.69, 9.17) is 4.43 Å². The summed E-state index contributed by atoms with van der Waals surface area (Å²) in [6.07, 6.45) is 0.824. The summed E-state index contributed by atoms with van der Waals surface area (Å²) in [7, 11) is -1.99. The lowest BCUT2D eigenvalue weighted by Gasteiger charge is -2.39. The highest BCUT2D eigenvalue weighted by Gasteiger charge is 2.39. The normalized spacial score (nSPS) is 14.2. The Balaban J connectivity index is 3.06. The molecule has 0 fully saturated rings. The molecule has 0 saturated heterocycles. The molecule has 0 N–H and O–H groups in total. The quantitative estimate of drug-likeness (QED) is 0.530. The minimum absolute atomic E-state index is 0.0609. The predicted molar refractivity (Wildman–Crippen MR) is 85.8 cm³/mol. The Labute approximate surface area is 130 Å². The minimum Gasteiger partial charge on any atom is -0.410 e. The molecule has 2 nitrogen and oxygen atoms in total. The van der Waals surface area contributed by atoms with E-state index < -0.39 is 8.32 Å². The fourth-order valence-corrected chi connectivity index (χ4v) is 3.28. The lowest BCUT2D eigenvalue weighted by Crippen LogP contribution is -2.41. The maximum Gasteiger partial charge on any atom is 0.192 e. The van der Waals surface area contributed by atoms with Gasteiger partial charge >= 0.3 is 0 Å². The standard InChI is InChI=1S/C15H22BrFO2Si/c1-15(2,3)20(4,5)19-14(8-9-18)11-6-7-13(17)12(16)10-11/h6-7,9-10,14H,8H2,1-5H3. The predicted octanol–water partition coefficient (Wildman–Crippen LogP) is 5.24. The molecule has 0 aromatic heterocycles. The molecule has 0 spiro atoms. The van der Waals surface area contributed by atoms with Crippen LogP contribution in [0.15, 0.2) is 22.7 Å². The number of rotatable bonds is 5. The van der Waals surface area contributed by atoms with E-state index in [2.05, 4.69) is 49.8 Å². The van der Waals surface area contributed by atoms with Gasteiger partial charge in [0.15, 0.2) is 8.32 Å². The summed E-state index contributed by atoms with van der Waals surface area (Å²) in [5.74, 6) is -0.314. The van der Waals surface area contributed by atoms with Crippen LogP contribution in [0, 0.1) is 5.82 Å². The van der Waals surface area contributed by atoms with E-state index in [9.17, 15) is 9.18 Å². The van der Waals surface area contributed by atoms with Gasteiger partial charge < -0.3 is 9.22 Å². The van der Waals surface area contributed by atoms with Crippen molar-refractivity contribution in [1.29, 1.82) is 0 Å². The number of halogens is 2. The lowest BCUT2D eigenvalue weighted by atomic mass is 10.1. The van der Waals surface area contributed by atoms with Crippen molar-refractivity contribution in [3.8, 4) is 0 Å². The smallest absolute Gasteiger partial charge is 0.192 e. The van der Waals surface area contributed by atoms with Crippen molar-refractivity contribution in [3.63, 3.8) is 0 Å². The number of hydrogen-bond acceptors (Lipinski definition) is 2. The maximum atomic E-state index is 13.3. The van der Waals surface area contributed by atoms with Crippen LogP contribution in [0.2, 0.25) is 18.1 Å². The van der Waals surface area contributed by atoms with Gasteiger partial charge in [0, 0.05) is 6.42 Å². The zero-order chi connectivity index (χ0) is 15.6. The van der Waals surface area contributed by atoms with Crippen LogP contribution in [0.5, 0.6) is 0 Å². The second-order valence-electron chi connectivity index (χ2n) is 6.44. The second kappa shape index (κ2) is 6.50. The van der Waals surface area contributed by atoms with Crippen LogP contribution in [0.4, 0.5) is 4.39 Å². The van der Waals surface area contributed by atoms with Gasteiger partial charge in [-0.3, -0.25) is 0 Å². The minimum atomic E-state index is -1.99. The molecule has 0 aliphatic heterocycles. The van der Waals surface area contributed by atoms with Gasteiger partial charge in [-0.2, -0.15) is 0 Å². The molecule has 0 aliphatic rings.